The average Bonchev–Trinajstić information content (AvgIpc) is 3.13. The third-order valence-corrected chi connectivity index (χ3v) is 4.88. The maximum atomic E-state index is 12.1. The molecule has 2 rings (SSSR count). The fraction of sp³-hybridized carbons (Fsp3) is 0.800. The van der Waals surface area contributed by atoms with Gasteiger partial charge in [-0.25, -0.2) is 0 Å². The van der Waals surface area contributed by atoms with Gasteiger partial charge in [-0.05, 0) is 31.1 Å². The van der Waals surface area contributed by atoms with Crippen molar-refractivity contribution in [2.75, 3.05) is 27.2 Å². The number of piperidine rings is 1. The van der Waals surface area contributed by atoms with Gasteiger partial charge in [0.1, 0.15) is 0 Å². The normalized spacial score (nSPS) is 23.0. The molecule has 6 nitrogen and oxygen atoms in total. The fourth-order valence-corrected chi connectivity index (χ4v) is 3.22. The summed E-state index contributed by atoms with van der Waals surface area (Å²) in [5, 5.41) is 9.04. The number of carboxylic acid groups (broad SMARTS) is 1. The van der Waals surface area contributed by atoms with E-state index in [1.54, 1.807) is 14.1 Å². The Morgan fingerprint density at radius 1 is 1.19 bits per heavy atom. The molecule has 21 heavy (non-hydrogen) atoms. The van der Waals surface area contributed by atoms with Crippen LogP contribution >= 0.6 is 0 Å². The lowest BCUT2D eigenvalue weighted by atomic mass is 9.90. The molecule has 0 aromatic rings. The zero-order valence-electron chi connectivity index (χ0n) is 12.8. The van der Waals surface area contributed by atoms with E-state index < -0.39 is 5.97 Å². The number of hydrogen-bond donors (Lipinski definition) is 1. The molecule has 1 saturated carbocycles. The van der Waals surface area contributed by atoms with Crippen LogP contribution in [0.5, 0.6) is 0 Å². The molecule has 1 heterocycles. The molecular weight excluding hydrogens is 272 g/mol. The van der Waals surface area contributed by atoms with E-state index in [9.17, 15) is 14.4 Å². The summed E-state index contributed by atoms with van der Waals surface area (Å²) in [6.45, 7) is 1.31. The van der Waals surface area contributed by atoms with Gasteiger partial charge in [-0.3, -0.25) is 14.4 Å². The van der Waals surface area contributed by atoms with Crippen LogP contribution in [0.15, 0.2) is 0 Å². The van der Waals surface area contributed by atoms with Crippen molar-refractivity contribution in [2.24, 2.45) is 11.3 Å². The molecule has 0 aromatic carbocycles. The molecule has 0 bridgehead atoms. The average molecular weight is 296 g/mol. The summed E-state index contributed by atoms with van der Waals surface area (Å²) in [6.07, 6.45) is 3.74. The van der Waals surface area contributed by atoms with Crippen molar-refractivity contribution in [3.8, 4) is 0 Å². The Balaban J connectivity index is 1.69. The lowest BCUT2D eigenvalue weighted by Crippen LogP contribution is -2.40. The van der Waals surface area contributed by atoms with Crippen LogP contribution < -0.4 is 0 Å². The first-order valence-electron chi connectivity index (χ1n) is 7.56. The standard InChI is InChI=1S/C15H24N2O4/c1-16(2)12(18)4-3-5-13(19)17-8-6-15(7-9-17)10-11(15)14(20)21/h11H,3-10H2,1-2H3,(H,20,21). The van der Waals surface area contributed by atoms with E-state index >= 15 is 0 Å². The summed E-state index contributed by atoms with van der Waals surface area (Å²) in [4.78, 5) is 37.9. The van der Waals surface area contributed by atoms with Gasteiger partial charge >= 0.3 is 5.97 Å². The van der Waals surface area contributed by atoms with Crippen LogP contribution in [0.3, 0.4) is 0 Å². The summed E-state index contributed by atoms with van der Waals surface area (Å²) < 4.78 is 0. The predicted octanol–water partition coefficient (Wildman–Crippen LogP) is 0.958. The van der Waals surface area contributed by atoms with Crippen molar-refractivity contribution in [3.63, 3.8) is 0 Å². The van der Waals surface area contributed by atoms with E-state index in [2.05, 4.69) is 0 Å². The topological polar surface area (TPSA) is 77.9 Å². The van der Waals surface area contributed by atoms with E-state index in [0.29, 0.717) is 32.4 Å². The Labute approximate surface area is 125 Å². The predicted molar refractivity (Wildman–Crippen MR) is 76.5 cm³/mol. The molecule has 0 radical (unpaired) electrons. The molecule has 2 fully saturated rings. The minimum absolute atomic E-state index is 0.0382. The molecule has 1 spiro atoms. The second-order valence-electron chi connectivity index (χ2n) is 6.48. The Hall–Kier alpha value is -1.59. The van der Waals surface area contributed by atoms with Crippen molar-refractivity contribution >= 4 is 17.8 Å². The Kier molecular flexibility index (Phi) is 4.54. The second-order valence-corrected chi connectivity index (χ2v) is 6.48. The Bertz CT molecular complexity index is 439. The summed E-state index contributed by atoms with van der Waals surface area (Å²) in [7, 11) is 3.42. The molecule has 118 valence electrons. The van der Waals surface area contributed by atoms with Gasteiger partial charge < -0.3 is 14.9 Å². The molecule has 1 atom stereocenters. The monoisotopic (exact) mass is 296 g/mol. The molecule has 1 unspecified atom stereocenters. The van der Waals surface area contributed by atoms with E-state index in [1.165, 1.54) is 4.90 Å². The SMILES string of the molecule is CN(C)C(=O)CCCC(=O)N1CCC2(CC1)CC2C(=O)O. The summed E-state index contributed by atoms with van der Waals surface area (Å²) in [5.41, 5.74) is -0.0382. The van der Waals surface area contributed by atoms with Crippen LogP contribution in [-0.4, -0.2) is 59.9 Å². The van der Waals surface area contributed by atoms with Gasteiger partial charge in [0.15, 0.2) is 0 Å². The van der Waals surface area contributed by atoms with E-state index in [4.69, 9.17) is 5.11 Å². The quantitative estimate of drug-likeness (QED) is 0.819. The summed E-state index contributed by atoms with van der Waals surface area (Å²) in [6, 6.07) is 0. The number of carboxylic acids is 1. The van der Waals surface area contributed by atoms with Gasteiger partial charge in [0.05, 0.1) is 5.92 Å². The molecule has 1 N–H and O–H groups in total. The number of nitrogens with zero attached hydrogens (tertiary/aromatic N) is 2. The van der Waals surface area contributed by atoms with Gasteiger partial charge in [0.25, 0.3) is 0 Å². The third kappa shape index (κ3) is 3.54. The van der Waals surface area contributed by atoms with E-state index in [-0.39, 0.29) is 23.1 Å². The lowest BCUT2D eigenvalue weighted by Gasteiger charge is -2.32. The largest absolute Gasteiger partial charge is 0.481 e. The van der Waals surface area contributed by atoms with Crippen LogP contribution in [0, 0.1) is 11.3 Å². The smallest absolute Gasteiger partial charge is 0.307 e. The van der Waals surface area contributed by atoms with Crippen LogP contribution in [0.1, 0.15) is 38.5 Å². The Morgan fingerprint density at radius 2 is 1.81 bits per heavy atom. The highest BCUT2D eigenvalue weighted by molar-refractivity contribution is 5.79. The minimum Gasteiger partial charge on any atom is -0.481 e. The summed E-state index contributed by atoms with van der Waals surface area (Å²) >= 11 is 0. The molecule has 2 aliphatic rings. The van der Waals surface area contributed by atoms with Crippen molar-refractivity contribution in [1.29, 1.82) is 0 Å². The number of likely N-dealkylation sites (tertiary alicyclic amines) is 1. The fourth-order valence-electron chi connectivity index (χ4n) is 3.22. The van der Waals surface area contributed by atoms with Crippen LogP contribution in [0.25, 0.3) is 0 Å². The highest BCUT2D eigenvalue weighted by atomic mass is 16.4. The van der Waals surface area contributed by atoms with Crippen LogP contribution in [0.2, 0.25) is 0 Å². The highest BCUT2D eigenvalue weighted by Gasteiger charge is 2.59. The number of rotatable bonds is 5. The van der Waals surface area contributed by atoms with Gasteiger partial charge in [-0.15, -0.1) is 0 Å². The van der Waals surface area contributed by atoms with Gasteiger partial charge in [0.2, 0.25) is 11.8 Å². The number of aliphatic carboxylic acids is 1. The van der Waals surface area contributed by atoms with Crippen LogP contribution in [-0.2, 0) is 14.4 Å². The van der Waals surface area contributed by atoms with E-state index in [1.807, 2.05) is 4.90 Å². The van der Waals surface area contributed by atoms with Gasteiger partial charge in [-0.2, -0.15) is 0 Å². The molecule has 2 amide bonds. The molecular formula is C15H24N2O4. The first kappa shape index (κ1) is 15.8. The Morgan fingerprint density at radius 3 is 2.29 bits per heavy atom. The molecule has 6 heteroatoms. The maximum Gasteiger partial charge on any atom is 0.307 e. The van der Waals surface area contributed by atoms with Gasteiger partial charge in [-0.1, -0.05) is 0 Å². The molecule has 1 aliphatic heterocycles. The third-order valence-electron chi connectivity index (χ3n) is 4.88. The molecule has 1 saturated heterocycles. The minimum atomic E-state index is -0.697. The zero-order valence-corrected chi connectivity index (χ0v) is 12.8. The van der Waals surface area contributed by atoms with Crippen molar-refractivity contribution in [3.05, 3.63) is 0 Å². The van der Waals surface area contributed by atoms with Crippen LogP contribution in [0.4, 0.5) is 0 Å². The second kappa shape index (κ2) is 6.03. The summed E-state index contributed by atoms with van der Waals surface area (Å²) in [5.74, 6) is -0.768. The number of carbonyl (C=O) groups is 3. The first-order valence-corrected chi connectivity index (χ1v) is 7.56. The lowest BCUT2D eigenvalue weighted by molar-refractivity contribution is -0.140. The van der Waals surface area contributed by atoms with Gasteiger partial charge in [0, 0.05) is 40.0 Å². The number of hydrogen-bond acceptors (Lipinski definition) is 3. The van der Waals surface area contributed by atoms with Crippen molar-refractivity contribution < 1.29 is 19.5 Å². The maximum absolute atomic E-state index is 12.1. The van der Waals surface area contributed by atoms with Crippen molar-refractivity contribution in [2.45, 2.75) is 38.5 Å². The van der Waals surface area contributed by atoms with E-state index in [0.717, 1.165) is 19.3 Å². The molecule has 1 aliphatic carbocycles. The van der Waals surface area contributed by atoms with Crippen molar-refractivity contribution in [1.82, 2.24) is 9.80 Å². The number of amides is 2. The first-order chi connectivity index (χ1) is 9.85. The highest BCUT2D eigenvalue weighted by Crippen LogP contribution is 2.59. The zero-order chi connectivity index (χ0) is 15.6. The molecule has 0 aromatic heterocycles. The number of carbonyl (C=O) groups excluding carboxylic acids is 2.